The third-order valence-electron chi connectivity index (χ3n) is 4.26. The van der Waals surface area contributed by atoms with Crippen molar-refractivity contribution in [3.8, 4) is 0 Å². The summed E-state index contributed by atoms with van der Waals surface area (Å²) < 4.78 is 1.21. The Bertz CT molecular complexity index is 887. The molecule has 0 saturated heterocycles. The van der Waals surface area contributed by atoms with E-state index in [0.29, 0.717) is 6.42 Å². The number of amides is 1. The Morgan fingerprint density at radius 2 is 1.73 bits per heavy atom. The first-order valence-electron chi connectivity index (χ1n) is 7.30. The molecule has 108 valence electrons. The van der Waals surface area contributed by atoms with Gasteiger partial charge in [-0.2, -0.15) is 0 Å². The summed E-state index contributed by atoms with van der Waals surface area (Å²) in [5.41, 5.74) is 3.41. The van der Waals surface area contributed by atoms with E-state index in [4.69, 9.17) is 0 Å². The molecule has 0 saturated carbocycles. The van der Waals surface area contributed by atoms with Crippen LogP contribution in [0.3, 0.4) is 0 Å². The second-order valence-electron chi connectivity index (χ2n) is 5.57. The summed E-state index contributed by atoms with van der Waals surface area (Å²) in [5.74, 6) is 0.204. The first kappa shape index (κ1) is 13.8. The number of hydrogen-bond acceptors (Lipinski definition) is 1. The van der Waals surface area contributed by atoms with Crippen LogP contribution in [-0.2, 0) is 4.79 Å². The first-order valence-corrected chi connectivity index (χ1v) is 8.38. The van der Waals surface area contributed by atoms with Crippen molar-refractivity contribution >= 4 is 45.0 Å². The molecule has 2 nitrogen and oxygen atoms in total. The molecular weight excluding hydrogens is 385 g/mol. The summed E-state index contributed by atoms with van der Waals surface area (Å²) in [6.07, 6.45) is 0.501. The fourth-order valence-electron chi connectivity index (χ4n) is 3.29. The van der Waals surface area contributed by atoms with Crippen LogP contribution in [0.5, 0.6) is 0 Å². The summed E-state index contributed by atoms with van der Waals surface area (Å²) >= 11 is 2.36. The normalized spacial score (nSPS) is 17.1. The fourth-order valence-corrected chi connectivity index (χ4v) is 4.06. The lowest BCUT2D eigenvalue weighted by Crippen LogP contribution is -2.24. The lowest BCUT2D eigenvalue weighted by atomic mass is 9.82. The number of fused-ring (bicyclic) bond motifs is 3. The van der Waals surface area contributed by atoms with Crippen LogP contribution < -0.4 is 5.32 Å². The lowest BCUT2D eigenvalue weighted by molar-refractivity contribution is -0.116. The van der Waals surface area contributed by atoms with Crippen molar-refractivity contribution in [3.63, 3.8) is 0 Å². The number of benzene rings is 3. The van der Waals surface area contributed by atoms with Crippen molar-refractivity contribution in [1.29, 1.82) is 0 Å². The van der Waals surface area contributed by atoms with Crippen molar-refractivity contribution in [2.24, 2.45) is 0 Å². The van der Waals surface area contributed by atoms with Gasteiger partial charge in [-0.25, -0.2) is 0 Å². The fraction of sp³-hybridized carbons (Fsp3) is 0.105. The number of halogens is 1. The highest BCUT2D eigenvalue weighted by molar-refractivity contribution is 14.1. The molecular formula is C19H14INO. The minimum absolute atomic E-state index is 0.0902. The second kappa shape index (κ2) is 5.39. The van der Waals surface area contributed by atoms with Gasteiger partial charge in [0.25, 0.3) is 0 Å². The topological polar surface area (TPSA) is 29.1 Å². The van der Waals surface area contributed by atoms with E-state index in [1.165, 1.54) is 25.5 Å². The Labute approximate surface area is 142 Å². The van der Waals surface area contributed by atoms with Gasteiger partial charge in [-0.05, 0) is 56.6 Å². The van der Waals surface area contributed by atoms with Crippen LogP contribution in [0.15, 0.2) is 60.7 Å². The number of rotatable bonds is 1. The van der Waals surface area contributed by atoms with E-state index < -0.39 is 0 Å². The summed E-state index contributed by atoms with van der Waals surface area (Å²) in [5, 5.41) is 5.47. The minimum atomic E-state index is 0.0902. The van der Waals surface area contributed by atoms with Crippen molar-refractivity contribution < 1.29 is 4.79 Å². The second-order valence-corrected chi connectivity index (χ2v) is 6.74. The van der Waals surface area contributed by atoms with Crippen molar-refractivity contribution in [1.82, 2.24) is 0 Å². The van der Waals surface area contributed by atoms with E-state index >= 15 is 0 Å². The number of anilines is 1. The predicted octanol–water partition coefficient (Wildman–Crippen LogP) is 4.92. The monoisotopic (exact) mass is 399 g/mol. The number of hydrogen-bond donors (Lipinski definition) is 1. The van der Waals surface area contributed by atoms with Crippen LogP contribution in [0.1, 0.15) is 23.5 Å². The molecule has 22 heavy (non-hydrogen) atoms. The Morgan fingerprint density at radius 1 is 0.955 bits per heavy atom. The SMILES string of the molecule is O=C1C[C@H](c2ccccc2I)c2c(ccc3ccccc23)N1. The highest BCUT2D eigenvalue weighted by atomic mass is 127. The van der Waals surface area contributed by atoms with Gasteiger partial charge in [0.15, 0.2) is 0 Å². The minimum Gasteiger partial charge on any atom is -0.326 e. The largest absolute Gasteiger partial charge is 0.326 e. The van der Waals surface area contributed by atoms with Gasteiger partial charge in [0.05, 0.1) is 0 Å². The molecule has 1 aliphatic rings. The number of nitrogens with one attached hydrogen (secondary N) is 1. The number of carbonyl (C=O) groups is 1. The van der Waals surface area contributed by atoms with Crippen LogP contribution in [0.4, 0.5) is 5.69 Å². The molecule has 0 spiro atoms. The molecule has 3 aromatic carbocycles. The summed E-state index contributed by atoms with van der Waals surface area (Å²) in [7, 11) is 0. The van der Waals surface area contributed by atoms with Gasteiger partial charge < -0.3 is 5.32 Å². The van der Waals surface area contributed by atoms with Gasteiger partial charge in [0, 0.05) is 21.6 Å². The molecule has 3 heteroatoms. The van der Waals surface area contributed by atoms with E-state index in [9.17, 15) is 4.79 Å². The quantitative estimate of drug-likeness (QED) is 0.579. The summed E-state index contributed by atoms with van der Waals surface area (Å²) in [4.78, 5) is 12.1. The maximum Gasteiger partial charge on any atom is 0.225 e. The van der Waals surface area contributed by atoms with Gasteiger partial charge in [0.2, 0.25) is 5.91 Å². The van der Waals surface area contributed by atoms with Crippen LogP contribution >= 0.6 is 22.6 Å². The van der Waals surface area contributed by atoms with Gasteiger partial charge >= 0.3 is 0 Å². The molecule has 1 aliphatic heterocycles. The zero-order valence-electron chi connectivity index (χ0n) is 11.8. The third kappa shape index (κ3) is 2.20. The maximum absolute atomic E-state index is 12.1. The highest BCUT2D eigenvalue weighted by Gasteiger charge is 2.29. The van der Waals surface area contributed by atoms with Gasteiger partial charge in [-0.1, -0.05) is 48.5 Å². The standard InChI is InChI=1S/C19H14INO/c20-16-8-4-3-7-14(16)15-11-18(22)21-17-10-9-12-5-1-2-6-13(12)19(15)17/h1-10,15H,11H2,(H,21,22)/t15-/m1/s1. The zero-order chi connectivity index (χ0) is 15.1. The van der Waals surface area contributed by atoms with Gasteiger partial charge in [0.1, 0.15) is 0 Å². The summed E-state index contributed by atoms with van der Waals surface area (Å²) in [6.45, 7) is 0. The molecule has 1 heterocycles. The van der Waals surface area contributed by atoms with Crippen LogP contribution in [0, 0.1) is 3.57 Å². The van der Waals surface area contributed by atoms with Crippen LogP contribution in [0.2, 0.25) is 0 Å². The Morgan fingerprint density at radius 3 is 2.59 bits per heavy atom. The molecule has 0 aliphatic carbocycles. The molecule has 0 unspecified atom stereocenters. The molecule has 0 bridgehead atoms. The van der Waals surface area contributed by atoms with Crippen molar-refractivity contribution in [2.45, 2.75) is 12.3 Å². The molecule has 0 aromatic heterocycles. The van der Waals surface area contributed by atoms with Gasteiger partial charge in [-0.15, -0.1) is 0 Å². The van der Waals surface area contributed by atoms with Gasteiger partial charge in [-0.3, -0.25) is 4.79 Å². The van der Waals surface area contributed by atoms with E-state index in [1.807, 2.05) is 12.1 Å². The average molecular weight is 399 g/mol. The van der Waals surface area contributed by atoms with Crippen molar-refractivity contribution in [2.75, 3.05) is 5.32 Å². The average Bonchev–Trinajstić information content (AvgIpc) is 2.54. The molecule has 0 radical (unpaired) electrons. The molecule has 0 fully saturated rings. The molecule has 4 rings (SSSR count). The Hall–Kier alpha value is -1.88. The first-order chi connectivity index (χ1) is 10.7. The molecule has 1 atom stereocenters. The smallest absolute Gasteiger partial charge is 0.225 e. The van der Waals surface area contributed by atoms with E-state index in [0.717, 1.165) is 5.69 Å². The molecule has 1 N–H and O–H groups in total. The van der Waals surface area contributed by atoms with Crippen molar-refractivity contribution in [3.05, 3.63) is 75.4 Å². The van der Waals surface area contributed by atoms with Crippen LogP contribution in [0.25, 0.3) is 10.8 Å². The summed E-state index contributed by atoms with van der Waals surface area (Å²) in [6, 6.07) is 20.8. The Kier molecular flexibility index (Phi) is 3.37. The number of carbonyl (C=O) groups excluding carboxylic acids is 1. The highest BCUT2D eigenvalue weighted by Crippen LogP contribution is 2.42. The maximum atomic E-state index is 12.1. The van der Waals surface area contributed by atoms with Crippen LogP contribution in [-0.4, -0.2) is 5.91 Å². The lowest BCUT2D eigenvalue weighted by Gasteiger charge is -2.28. The van der Waals surface area contributed by atoms with E-state index in [2.05, 4.69) is 76.4 Å². The van der Waals surface area contributed by atoms with E-state index in [1.54, 1.807) is 0 Å². The molecule has 1 amide bonds. The molecule has 3 aromatic rings. The third-order valence-corrected chi connectivity index (χ3v) is 5.25. The zero-order valence-corrected chi connectivity index (χ0v) is 14.0. The van der Waals surface area contributed by atoms with E-state index in [-0.39, 0.29) is 11.8 Å². The Balaban J connectivity index is 2.02. The predicted molar refractivity (Wildman–Crippen MR) is 98.2 cm³/mol.